The van der Waals surface area contributed by atoms with Crippen molar-refractivity contribution in [2.75, 3.05) is 30.0 Å². The van der Waals surface area contributed by atoms with Crippen LogP contribution in [0.3, 0.4) is 0 Å². The number of rotatable bonds is 19. The lowest BCUT2D eigenvalue weighted by molar-refractivity contribution is -0.118. The van der Waals surface area contributed by atoms with Crippen LogP contribution in [-0.4, -0.2) is 52.8 Å². The molecule has 9 heteroatoms. The Hall–Kier alpha value is -2.68. The Morgan fingerprint density at radius 1 is 1.00 bits per heavy atom. The summed E-state index contributed by atoms with van der Waals surface area (Å²) in [6, 6.07) is 3.66. The highest BCUT2D eigenvalue weighted by molar-refractivity contribution is 7.99. The number of ether oxygens (including phenoxy) is 1. The number of carbonyl (C=O) groups excluding carboxylic acids is 2. The van der Waals surface area contributed by atoms with Crippen molar-refractivity contribution in [1.29, 1.82) is 0 Å². The van der Waals surface area contributed by atoms with E-state index < -0.39 is 17.8 Å². The number of nitrogens with one attached hydrogen (secondary N) is 2. The van der Waals surface area contributed by atoms with Crippen molar-refractivity contribution in [3.63, 3.8) is 0 Å². The lowest BCUT2D eigenvalue weighted by Crippen LogP contribution is -2.30. The highest BCUT2D eigenvalue weighted by Crippen LogP contribution is 2.21. The first kappa shape index (κ1) is 30.4. The number of unbranched alkanes of at least 4 members (excludes halogenated alkanes) is 8. The molecule has 0 atom stereocenters. The number of hydrogen-bond acceptors (Lipinski definition) is 6. The Balaban J connectivity index is 1.98. The average Bonchev–Trinajstić information content (AvgIpc) is 2.83. The number of allylic oxidation sites excluding steroid dienone is 2. The number of carboxylic acids is 1. The van der Waals surface area contributed by atoms with Crippen LogP contribution >= 0.6 is 11.8 Å². The Kier molecular flexibility index (Phi) is 17.0. The van der Waals surface area contributed by atoms with Gasteiger partial charge in [0.25, 0.3) is 0 Å². The van der Waals surface area contributed by atoms with Gasteiger partial charge in [-0.1, -0.05) is 51.2 Å². The molecule has 0 fully saturated rings. The van der Waals surface area contributed by atoms with Crippen molar-refractivity contribution in [1.82, 2.24) is 5.32 Å². The Morgan fingerprint density at radius 3 is 2.37 bits per heavy atom. The number of aromatic hydroxyl groups is 1. The molecular weight excluding hydrogens is 468 g/mol. The van der Waals surface area contributed by atoms with E-state index in [9.17, 15) is 19.5 Å². The van der Waals surface area contributed by atoms with E-state index in [4.69, 9.17) is 9.84 Å². The van der Waals surface area contributed by atoms with Gasteiger partial charge < -0.3 is 20.3 Å². The van der Waals surface area contributed by atoms with Gasteiger partial charge in [0, 0.05) is 5.69 Å². The van der Waals surface area contributed by atoms with Crippen LogP contribution in [0.4, 0.5) is 10.5 Å². The van der Waals surface area contributed by atoms with Gasteiger partial charge in [-0.05, 0) is 56.1 Å². The molecule has 8 nitrogen and oxygen atoms in total. The van der Waals surface area contributed by atoms with Gasteiger partial charge in [-0.15, -0.1) is 0 Å². The Bertz CT molecular complexity index is 800. The number of carbonyl (C=O) groups is 3. The fourth-order valence-electron chi connectivity index (χ4n) is 3.23. The Morgan fingerprint density at radius 2 is 1.69 bits per heavy atom. The third kappa shape index (κ3) is 15.8. The number of hydrogen-bond donors (Lipinski definition) is 4. The van der Waals surface area contributed by atoms with Gasteiger partial charge in [-0.3, -0.25) is 10.1 Å². The van der Waals surface area contributed by atoms with E-state index >= 15 is 0 Å². The number of carboxylic acid groups (broad SMARTS) is 1. The molecule has 0 heterocycles. The minimum atomic E-state index is -1.31. The third-order valence-corrected chi connectivity index (χ3v) is 6.21. The Labute approximate surface area is 212 Å². The second kappa shape index (κ2) is 19.6. The van der Waals surface area contributed by atoms with Gasteiger partial charge in [-0.25, -0.2) is 9.59 Å². The number of phenols is 1. The highest BCUT2D eigenvalue weighted by Gasteiger charge is 2.12. The van der Waals surface area contributed by atoms with Crippen LogP contribution in [0.5, 0.6) is 5.75 Å². The second-order valence-corrected chi connectivity index (χ2v) is 9.33. The summed E-state index contributed by atoms with van der Waals surface area (Å²) in [6.45, 7) is 2.41. The van der Waals surface area contributed by atoms with Crippen LogP contribution in [0.25, 0.3) is 0 Å². The molecule has 0 radical (unpaired) electrons. The third-order valence-electron chi connectivity index (χ3n) is 5.16. The maximum absolute atomic E-state index is 11.9. The highest BCUT2D eigenvalue weighted by atomic mass is 32.2. The maximum Gasteiger partial charge on any atom is 0.411 e. The fraction of sp³-hybridized carbons (Fsp3) is 0.577. The van der Waals surface area contributed by atoms with Crippen LogP contribution in [0.15, 0.2) is 30.4 Å². The number of benzene rings is 1. The molecule has 0 aliphatic heterocycles. The van der Waals surface area contributed by atoms with Crippen molar-refractivity contribution in [3.8, 4) is 5.75 Å². The lowest BCUT2D eigenvalue weighted by Gasteiger charge is -2.09. The summed E-state index contributed by atoms with van der Waals surface area (Å²) in [5.41, 5.74) is -0.146. The van der Waals surface area contributed by atoms with E-state index in [-0.39, 0.29) is 30.3 Å². The quantitative estimate of drug-likeness (QED) is 0.103. The molecule has 196 valence electrons. The topological polar surface area (TPSA) is 125 Å². The average molecular weight is 509 g/mol. The van der Waals surface area contributed by atoms with Crippen molar-refractivity contribution in [3.05, 3.63) is 35.9 Å². The van der Waals surface area contributed by atoms with Crippen molar-refractivity contribution in [2.24, 2.45) is 0 Å². The monoisotopic (exact) mass is 508 g/mol. The van der Waals surface area contributed by atoms with Crippen LogP contribution in [0.2, 0.25) is 0 Å². The van der Waals surface area contributed by atoms with Gasteiger partial charge in [0.05, 0.1) is 12.3 Å². The number of aromatic carboxylic acids is 1. The fourth-order valence-corrected chi connectivity index (χ4v) is 4.07. The van der Waals surface area contributed by atoms with E-state index in [1.165, 1.54) is 57.1 Å². The molecule has 0 aliphatic rings. The van der Waals surface area contributed by atoms with E-state index in [1.54, 1.807) is 11.8 Å². The summed E-state index contributed by atoms with van der Waals surface area (Å²) in [5, 5.41) is 23.5. The molecule has 1 rings (SSSR count). The zero-order chi connectivity index (χ0) is 25.7. The molecule has 1 aromatic rings. The molecule has 35 heavy (non-hydrogen) atoms. The summed E-state index contributed by atoms with van der Waals surface area (Å²) in [7, 11) is 0. The predicted molar refractivity (Wildman–Crippen MR) is 141 cm³/mol. The number of anilines is 1. The molecular formula is C26H40N2O6S. The smallest absolute Gasteiger partial charge is 0.411 e. The van der Waals surface area contributed by atoms with E-state index in [2.05, 4.69) is 29.7 Å². The summed E-state index contributed by atoms with van der Waals surface area (Å²) in [5.74, 6) is -0.497. The molecule has 2 amide bonds. The second-order valence-electron chi connectivity index (χ2n) is 8.22. The zero-order valence-electron chi connectivity index (χ0n) is 20.7. The molecule has 1 aromatic carbocycles. The SMILES string of the molecule is CCCCCCCC=CCCCCCSCC(=O)NCCOC(=O)Nc1ccc(O)c(C(=O)O)c1. The summed E-state index contributed by atoms with van der Waals surface area (Å²) >= 11 is 1.60. The van der Waals surface area contributed by atoms with E-state index in [0.717, 1.165) is 31.1 Å². The van der Waals surface area contributed by atoms with E-state index in [0.29, 0.717) is 5.75 Å². The standard InChI is InChI=1S/C26H40N2O6S/c1-2-3-4-5-6-7-8-9-10-11-12-13-18-35-20-24(30)27-16-17-34-26(33)28-21-14-15-23(29)22(19-21)25(31)32/h8-9,14-15,19,29H,2-7,10-13,16-18,20H2,1H3,(H,27,30)(H,28,33)(H,31,32). The minimum absolute atomic E-state index is 0.0155. The van der Waals surface area contributed by atoms with E-state index in [1.807, 2.05) is 0 Å². The molecule has 0 aliphatic carbocycles. The molecule has 4 N–H and O–H groups in total. The molecule has 0 bridgehead atoms. The van der Waals surface area contributed by atoms with Gasteiger partial charge in [0.15, 0.2) is 0 Å². The lowest BCUT2D eigenvalue weighted by atomic mass is 10.1. The van der Waals surface area contributed by atoms with Gasteiger partial charge in [0.1, 0.15) is 17.9 Å². The first-order valence-electron chi connectivity index (χ1n) is 12.4. The van der Waals surface area contributed by atoms with Gasteiger partial charge >= 0.3 is 12.1 Å². The van der Waals surface area contributed by atoms with Gasteiger partial charge in [-0.2, -0.15) is 11.8 Å². The normalized spacial score (nSPS) is 10.9. The minimum Gasteiger partial charge on any atom is -0.507 e. The number of thioether (sulfide) groups is 1. The molecule has 0 unspecified atom stereocenters. The van der Waals surface area contributed by atoms with Crippen molar-refractivity contribution < 1.29 is 29.3 Å². The summed E-state index contributed by atoms with van der Waals surface area (Å²) in [4.78, 5) is 34.6. The van der Waals surface area contributed by atoms with Crippen LogP contribution in [0.1, 0.15) is 81.5 Å². The number of amides is 2. The molecule has 0 saturated heterocycles. The molecule has 0 saturated carbocycles. The predicted octanol–water partition coefficient (Wildman–Crippen LogP) is 5.97. The van der Waals surface area contributed by atoms with Crippen molar-refractivity contribution >= 4 is 35.4 Å². The zero-order valence-corrected chi connectivity index (χ0v) is 21.5. The van der Waals surface area contributed by atoms with Crippen LogP contribution in [0, 0.1) is 0 Å². The van der Waals surface area contributed by atoms with Gasteiger partial charge in [0.2, 0.25) is 5.91 Å². The largest absolute Gasteiger partial charge is 0.507 e. The first-order chi connectivity index (χ1) is 16.9. The molecule has 0 spiro atoms. The van der Waals surface area contributed by atoms with Crippen LogP contribution < -0.4 is 10.6 Å². The maximum atomic E-state index is 11.9. The first-order valence-corrected chi connectivity index (χ1v) is 13.6. The van der Waals surface area contributed by atoms with Crippen LogP contribution in [-0.2, 0) is 9.53 Å². The van der Waals surface area contributed by atoms with Crippen molar-refractivity contribution in [2.45, 2.75) is 71.1 Å². The summed E-state index contributed by atoms with van der Waals surface area (Å²) < 4.78 is 4.97. The molecule has 0 aromatic heterocycles. The summed E-state index contributed by atoms with van der Waals surface area (Å²) in [6.07, 6.45) is 16.2.